The van der Waals surface area contributed by atoms with Crippen molar-refractivity contribution in [2.24, 2.45) is 23.7 Å². The third-order valence-electron chi connectivity index (χ3n) is 7.54. The van der Waals surface area contributed by atoms with Gasteiger partial charge in [-0.1, -0.05) is 27.7 Å². The van der Waals surface area contributed by atoms with Crippen LogP contribution >= 0.6 is 0 Å². The average molecular weight is 427 g/mol. The van der Waals surface area contributed by atoms with Crippen LogP contribution in [0.15, 0.2) is 0 Å². The van der Waals surface area contributed by atoms with Crippen LogP contribution in [0.4, 0.5) is 0 Å². The molecular weight excluding hydrogens is 384 g/mol. The lowest BCUT2D eigenvalue weighted by Crippen LogP contribution is -2.48. The lowest BCUT2D eigenvalue weighted by molar-refractivity contribution is -0.192. The van der Waals surface area contributed by atoms with E-state index in [0.29, 0.717) is 49.4 Å². The van der Waals surface area contributed by atoms with Crippen molar-refractivity contribution >= 4 is 11.9 Å². The van der Waals surface area contributed by atoms with Crippen molar-refractivity contribution in [3.05, 3.63) is 0 Å². The number of hydrogen-bond acceptors (Lipinski definition) is 6. The predicted molar refractivity (Wildman–Crippen MR) is 115 cm³/mol. The van der Waals surface area contributed by atoms with E-state index in [4.69, 9.17) is 9.47 Å². The fraction of sp³-hybridized carbons (Fsp3) is 0.917. The molecule has 0 amide bonds. The van der Waals surface area contributed by atoms with Crippen molar-refractivity contribution < 1.29 is 29.3 Å². The Labute approximate surface area is 181 Å². The van der Waals surface area contributed by atoms with E-state index >= 15 is 0 Å². The Morgan fingerprint density at radius 2 is 0.967 bits per heavy atom. The molecule has 0 aromatic heterocycles. The number of carbonyl (C=O) groups is 2. The van der Waals surface area contributed by atoms with Crippen molar-refractivity contribution in [2.75, 3.05) is 0 Å². The van der Waals surface area contributed by atoms with Crippen LogP contribution in [0.5, 0.6) is 0 Å². The molecule has 6 heteroatoms. The van der Waals surface area contributed by atoms with Gasteiger partial charge in [-0.05, 0) is 88.9 Å². The maximum absolute atomic E-state index is 12.4. The van der Waals surface area contributed by atoms with Gasteiger partial charge >= 0.3 is 11.9 Å². The largest absolute Gasteiger partial charge is 0.457 e. The highest BCUT2D eigenvalue weighted by Gasteiger charge is 2.42. The summed E-state index contributed by atoms with van der Waals surface area (Å²) < 4.78 is 11.1. The smallest absolute Gasteiger partial charge is 0.338 e. The van der Waals surface area contributed by atoms with Crippen LogP contribution in [0.25, 0.3) is 0 Å². The molecule has 2 fully saturated rings. The molecule has 30 heavy (non-hydrogen) atoms. The lowest BCUT2D eigenvalue weighted by atomic mass is 9.75. The van der Waals surface area contributed by atoms with E-state index in [0.717, 1.165) is 25.7 Å². The van der Waals surface area contributed by atoms with Gasteiger partial charge < -0.3 is 19.7 Å². The zero-order valence-electron chi connectivity index (χ0n) is 19.6. The Morgan fingerprint density at radius 1 is 0.700 bits per heavy atom. The third-order valence-corrected chi connectivity index (χ3v) is 7.54. The molecule has 0 saturated heterocycles. The van der Waals surface area contributed by atoms with E-state index in [1.54, 1.807) is 0 Å². The van der Waals surface area contributed by atoms with Crippen LogP contribution in [0.3, 0.4) is 0 Å². The minimum absolute atomic E-state index is 0.587. The molecule has 0 aliphatic heterocycles. The number of esters is 2. The second-order valence-corrected chi connectivity index (χ2v) is 10.8. The molecule has 0 radical (unpaired) electrons. The van der Waals surface area contributed by atoms with Crippen LogP contribution in [0, 0.1) is 23.7 Å². The van der Waals surface area contributed by atoms with Gasteiger partial charge in [-0.15, -0.1) is 0 Å². The molecule has 0 aromatic carbocycles. The SMILES string of the molecule is CC(C)C1CCC(C)(OC(=O)[C@H](O)[C@@H](O)C(=O)OC2(C)CCC(C(C)C)CC2)CC1. The summed E-state index contributed by atoms with van der Waals surface area (Å²) in [7, 11) is 0. The molecule has 2 rings (SSSR count). The summed E-state index contributed by atoms with van der Waals surface area (Å²) in [5.74, 6) is 0.466. The summed E-state index contributed by atoms with van der Waals surface area (Å²) in [5, 5.41) is 20.5. The number of aliphatic hydroxyl groups excluding tert-OH is 2. The Balaban J connectivity index is 1.86. The first kappa shape index (κ1) is 25.1. The van der Waals surface area contributed by atoms with Crippen molar-refractivity contribution in [1.82, 2.24) is 0 Å². The van der Waals surface area contributed by atoms with Crippen LogP contribution in [0.2, 0.25) is 0 Å². The van der Waals surface area contributed by atoms with Gasteiger partial charge in [-0.3, -0.25) is 0 Å². The first-order valence-corrected chi connectivity index (χ1v) is 11.7. The van der Waals surface area contributed by atoms with E-state index < -0.39 is 35.3 Å². The molecule has 2 aliphatic rings. The van der Waals surface area contributed by atoms with Crippen LogP contribution < -0.4 is 0 Å². The molecule has 174 valence electrons. The molecule has 0 unspecified atom stereocenters. The van der Waals surface area contributed by atoms with Crippen LogP contribution in [-0.4, -0.2) is 45.6 Å². The second-order valence-electron chi connectivity index (χ2n) is 10.8. The van der Waals surface area contributed by atoms with E-state index in [-0.39, 0.29) is 0 Å². The van der Waals surface area contributed by atoms with E-state index in [1.807, 2.05) is 13.8 Å². The van der Waals surface area contributed by atoms with Crippen molar-refractivity contribution in [1.29, 1.82) is 0 Å². The summed E-state index contributed by atoms with van der Waals surface area (Å²) >= 11 is 0. The standard InChI is InChI=1S/C24H42O6/c1-15(2)17-7-11-23(5,12-8-17)29-21(27)19(25)20(26)22(28)30-24(6)13-9-18(10-14-24)16(3)4/h15-20,25-26H,7-14H2,1-6H3/t17?,18?,19-,20-,23?,24?/m1/s1. The zero-order valence-corrected chi connectivity index (χ0v) is 19.6. The van der Waals surface area contributed by atoms with E-state index in [2.05, 4.69) is 27.7 Å². The molecule has 0 aromatic rings. The Bertz CT molecular complexity index is 531. The number of hydrogen-bond donors (Lipinski definition) is 2. The number of carbonyl (C=O) groups excluding carboxylic acids is 2. The maximum Gasteiger partial charge on any atom is 0.338 e. The van der Waals surface area contributed by atoms with Crippen molar-refractivity contribution in [2.45, 2.75) is 116 Å². The highest BCUT2D eigenvalue weighted by molar-refractivity contribution is 5.85. The zero-order chi connectivity index (χ0) is 22.7. The molecule has 0 spiro atoms. The highest BCUT2D eigenvalue weighted by atomic mass is 16.6. The molecule has 6 nitrogen and oxygen atoms in total. The topological polar surface area (TPSA) is 93.1 Å². The summed E-state index contributed by atoms with van der Waals surface area (Å²) in [6.45, 7) is 12.5. The minimum Gasteiger partial charge on any atom is -0.457 e. The maximum atomic E-state index is 12.4. The van der Waals surface area contributed by atoms with Gasteiger partial charge in [0, 0.05) is 0 Å². The van der Waals surface area contributed by atoms with Crippen molar-refractivity contribution in [3.63, 3.8) is 0 Å². The molecule has 2 aliphatic carbocycles. The van der Waals surface area contributed by atoms with E-state index in [1.165, 1.54) is 0 Å². The molecule has 0 bridgehead atoms. The Morgan fingerprint density at radius 3 is 1.20 bits per heavy atom. The average Bonchev–Trinajstić information content (AvgIpc) is 2.66. The number of aliphatic hydroxyl groups is 2. The number of ether oxygens (including phenoxy) is 2. The summed E-state index contributed by atoms with van der Waals surface area (Å²) in [5.41, 5.74) is -1.34. The summed E-state index contributed by atoms with van der Waals surface area (Å²) in [6.07, 6.45) is 2.80. The molecular formula is C24H42O6. The van der Waals surface area contributed by atoms with Gasteiger partial charge in [0.2, 0.25) is 0 Å². The van der Waals surface area contributed by atoms with Gasteiger partial charge in [0.25, 0.3) is 0 Å². The monoisotopic (exact) mass is 426 g/mol. The summed E-state index contributed by atoms with van der Waals surface area (Å²) in [6, 6.07) is 0. The van der Waals surface area contributed by atoms with Crippen molar-refractivity contribution in [3.8, 4) is 0 Å². The fourth-order valence-corrected chi connectivity index (χ4v) is 4.90. The Hall–Kier alpha value is -1.14. The predicted octanol–water partition coefficient (Wildman–Crippen LogP) is 4.00. The van der Waals surface area contributed by atoms with Gasteiger partial charge in [-0.25, -0.2) is 9.59 Å². The second kappa shape index (κ2) is 9.99. The normalized spacial score (nSPS) is 34.5. The molecule has 2 saturated carbocycles. The number of rotatable bonds is 7. The van der Waals surface area contributed by atoms with E-state index in [9.17, 15) is 19.8 Å². The molecule has 2 atom stereocenters. The fourth-order valence-electron chi connectivity index (χ4n) is 4.90. The minimum atomic E-state index is -1.94. The first-order chi connectivity index (χ1) is 13.9. The quantitative estimate of drug-likeness (QED) is 0.598. The highest BCUT2D eigenvalue weighted by Crippen LogP contribution is 2.39. The van der Waals surface area contributed by atoms with Crippen LogP contribution in [-0.2, 0) is 19.1 Å². The molecule has 0 heterocycles. The Kier molecular flexibility index (Phi) is 8.36. The van der Waals surface area contributed by atoms with Gasteiger partial charge in [0.15, 0.2) is 12.2 Å². The lowest BCUT2D eigenvalue weighted by Gasteiger charge is -2.39. The third kappa shape index (κ3) is 6.43. The molecule has 2 N–H and O–H groups in total. The van der Waals surface area contributed by atoms with Gasteiger partial charge in [-0.2, -0.15) is 0 Å². The first-order valence-electron chi connectivity index (χ1n) is 11.7. The summed E-state index contributed by atoms with van der Waals surface area (Å²) in [4.78, 5) is 24.9. The van der Waals surface area contributed by atoms with Gasteiger partial charge in [0.1, 0.15) is 11.2 Å². The van der Waals surface area contributed by atoms with Gasteiger partial charge in [0.05, 0.1) is 0 Å². The van der Waals surface area contributed by atoms with Crippen LogP contribution in [0.1, 0.15) is 92.9 Å².